The van der Waals surface area contributed by atoms with Gasteiger partial charge < -0.3 is 20.1 Å². The summed E-state index contributed by atoms with van der Waals surface area (Å²) in [7, 11) is 0. The Labute approximate surface area is 169 Å². The Hall–Kier alpha value is -2.93. The molecule has 1 atom stereocenters. The lowest BCUT2D eigenvalue weighted by atomic mass is 10.1. The smallest absolute Gasteiger partial charge is 0.260 e. The van der Waals surface area contributed by atoms with Crippen molar-refractivity contribution >= 4 is 11.8 Å². The van der Waals surface area contributed by atoms with Crippen molar-refractivity contribution in [1.82, 2.24) is 10.2 Å². The fraction of sp³-hybridized carbons (Fsp3) is 0.364. The van der Waals surface area contributed by atoms with Crippen LogP contribution >= 0.6 is 0 Å². The van der Waals surface area contributed by atoms with E-state index in [1.54, 1.807) is 4.90 Å². The van der Waals surface area contributed by atoms with Crippen LogP contribution in [0.2, 0.25) is 0 Å². The Morgan fingerprint density at radius 2 is 1.83 bits per heavy atom. The summed E-state index contributed by atoms with van der Waals surface area (Å²) in [6.07, 6.45) is 2.26. The van der Waals surface area contributed by atoms with Crippen molar-refractivity contribution in [3.05, 3.63) is 65.5 Å². The number of ether oxygens (including phenoxy) is 1. The molecule has 1 aliphatic heterocycles. The molecule has 3 rings (SSSR count). The lowest BCUT2D eigenvalue weighted by molar-refractivity contribution is -0.124. The van der Waals surface area contributed by atoms with Crippen molar-refractivity contribution in [2.24, 2.45) is 0 Å². The molecule has 154 valence electrons. The summed E-state index contributed by atoms with van der Waals surface area (Å²) < 4.78 is 19.8. The summed E-state index contributed by atoms with van der Waals surface area (Å²) in [5.74, 6) is -1.50. The third-order valence-corrected chi connectivity index (χ3v) is 4.85. The number of halogens is 1. The highest BCUT2D eigenvalue weighted by Gasteiger charge is 2.26. The van der Waals surface area contributed by atoms with E-state index >= 15 is 0 Å². The number of benzene rings is 2. The van der Waals surface area contributed by atoms with Crippen molar-refractivity contribution < 1.29 is 23.8 Å². The van der Waals surface area contributed by atoms with Gasteiger partial charge in [-0.1, -0.05) is 36.4 Å². The van der Waals surface area contributed by atoms with E-state index in [4.69, 9.17) is 4.74 Å². The SMILES string of the molecule is O=C(COc1cccc(F)c1C(=O)N1CCCC1)N[C@H](CO)Cc1ccccc1. The maximum Gasteiger partial charge on any atom is 0.260 e. The van der Waals surface area contributed by atoms with Crippen molar-refractivity contribution in [2.45, 2.75) is 25.3 Å². The van der Waals surface area contributed by atoms with E-state index in [0.717, 1.165) is 18.4 Å². The number of aliphatic hydroxyl groups excluding tert-OH is 1. The summed E-state index contributed by atoms with van der Waals surface area (Å²) in [5.41, 5.74) is 0.835. The lowest BCUT2D eigenvalue weighted by Crippen LogP contribution is -2.41. The minimum absolute atomic E-state index is 0.0423. The van der Waals surface area contributed by atoms with Crippen LogP contribution in [0.15, 0.2) is 48.5 Å². The minimum Gasteiger partial charge on any atom is -0.483 e. The fourth-order valence-electron chi connectivity index (χ4n) is 3.38. The molecule has 0 saturated carbocycles. The van der Waals surface area contributed by atoms with Crippen LogP contribution in [0.25, 0.3) is 0 Å². The number of carbonyl (C=O) groups is 2. The predicted molar refractivity (Wildman–Crippen MR) is 106 cm³/mol. The molecule has 0 bridgehead atoms. The van der Waals surface area contributed by atoms with Crippen LogP contribution in [0, 0.1) is 5.82 Å². The van der Waals surface area contributed by atoms with Crippen LogP contribution in [-0.2, 0) is 11.2 Å². The molecule has 7 heteroatoms. The number of hydrogen-bond acceptors (Lipinski definition) is 4. The number of amides is 2. The molecule has 1 fully saturated rings. The number of hydrogen-bond donors (Lipinski definition) is 2. The number of nitrogens with one attached hydrogen (secondary N) is 1. The second-order valence-electron chi connectivity index (χ2n) is 7.04. The highest BCUT2D eigenvalue weighted by molar-refractivity contribution is 5.97. The molecule has 0 aliphatic carbocycles. The van der Waals surface area contributed by atoms with Gasteiger partial charge in [-0.15, -0.1) is 0 Å². The van der Waals surface area contributed by atoms with Crippen LogP contribution < -0.4 is 10.1 Å². The first kappa shape index (κ1) is 20.8. The monoisotopic (exact) mass is 400 g/mol. The molecule has 2 N–H and O–H groups in total. The molecule has 6 nitrogen and oxygen atoms in total. The summed E-state index contributed by atoms with van der Waals surface area (Å²) in [6.45, 7) is 0.573. The lowest BCUT2D eigenvalue weighted by Gasteiger charge is -2.19. The van der Waals surface area contributed by atoms with Gasteiger partial charge in [0.1, 0.15) is 17.1 Å². The Morgan fingerprint density at radius 3 is 2.52 bits per heavy atom. The molecule has 29 heavy (non-hydrogen) atoms. The highest BCUT2D eigenvalue weighted by Crippen LogP contribution is 2.25. The van der Waals surface area contributed by atoms with E-state index in [2.05, 4.69) is 5.32 Å². The number of carbonyl (C=O) groups excluding carboxylic acids is 2. The Morgan fingerprint density at radius 1 is 1.10 bits per heavy atom. The first-order valence-corrected chi connectivity index (χ1v) is 9.73. The first-order chi connectivity index (χ1) is 14.1. The van der Waals surface area contributed by atoms with E-state index in [-0.39, 0.29) is 24.5 Å². The summed E-state index contributed by atoms with van der Waals surface area (Å²) in [4.78, 5) is 26.5. The van der Waals surface area contributed by atoms with E-state index in [9.17, 15) is 19.1 Å². The molecule has 0 spiro atoms. The molecule has 0 aromatic heterocycles. The van der Waals surface area contributed by atoms with Gasteiger partial charge in [-0.2, -0.15) is 0 Å². The standard InChI is InChI=1S/C22H25FN2O4/c23-18-9-6-10-19(21(18)22(28)25-11-4-5-12-25)29-15-20(27)24-17(14-26)13-16-7-2-1-3-8-16/h1-3,6-10,17,26H,4-5,11-15H2,(H,24,27)/t17-/m0/s1. The normalized spacial score (nSPS) is 14.5. The third-order valence-electron chi connectivity index (χ3n) is 4.85. The Bertz CT molecular complexity index is 838. The predicted octanol–water partition coefficient (Wildman–Crippen LogP) is 2.16. The van der Waals surface area contributed by atoms with Crippen molar-refractivity contribution in [2.75, 3.05) is 26.3 Å². The largest absolute Gasteiger partial charge is 0.483 e. The molecule has 0 unspecified atom stereocenters. The zero-order valence-corrected chi connectivity index (χ0v) is 16.1. The van der Waals surface area contributed by atoms with Crippen molar-refractivity contribution in [1.29, 1.82) is 0 Å². The number of nitrogens with zero attached hydrogens (tertiary/aromatic N) is 1. The van der Waals surface area contributed by atoms with Gasteiger partial charge in [-0.05, 0) is 37.0 Å². The summed E-state index contributed by atoms with van der Waals surface area (Å²) in [6, 6.07) is 13.1. The zero-order valence-electron chi connectivity index (χ0n) is 16.1. The molecule has 2 aromatic carbocycles. The number of rotatable bonds is 8. The van der Waals surface area contributed by atoms with Gasteiger partial charge in [0, 0.05) is 13.1 Å². The maximum absolute atomic E-state index is 14.3. The van der Waals surface area contributed by atoms with Crippen LogP contribution in [0.1, 0.15) is 28.8 Å². The molecule has 1 aliphatic rings. The number of aliphatic hydroxyl groups is 1. The number of likely N-dealkylation sites (tertiary alicyclic amines) is 1. The molecule has 1 heterocycles. The Kier molecular flexibility index (Phi) is 7.19. The van der Waals surface area contributed by atoms with Gasteiger partial charge in [0.25, 0.3) is 11.8 Å². The molecular formula is C22H25FN2O4. The van der Waals surface area contributed by atoms with Gasteiger partial charge in [0.2, 0.25) is 0 Å². The van der Waals surface area contributed by atoms with Crippen LogP contribution in [0.4, 0.5) is 4.39 Å². The second kappa shape index (κ2) is 10.0. The van der Waals surface area contributed by atoms with Crippen LogP contribution in [0.5, 0.6) is 5.75 Å². The van der Waals surface area contributed by atoms with Crippen LogP contribution in [0.3, 0.4) is 0 Å². The third kappa shape index (κ3) is 5.54. The fourth-order valence-corrected chi connectivity index (χ4v) is 3.38. The van der Waals surface area contributed by atoms with Crippen molar-refractivity contribution in [3.8, 4) is 5.75 Å². The van der Waals surface area contributed by atoms with Gasteiger partial charge in [-0.25, -0.2) is 4.39 Å². The van der Waals surface area contributed by atoms with E-state index in [0.29, 0.717) is 19.5 Å². The quantitative estimate of drug-likeness (QED) is 0.712. The average molecular weight is 400 g/mol. The van der Waals surface area contributed by atoms with E-state index < -0.39 is 23.7 Å². The average Bonchev–Trinajstić information content (AvgIpc) is 3.27. The Balaban J connectivity index is 1.61. The first-order valence-electron chi connectivity index (χ1n) is 9.73. The van der Waals surface area contributed by atoms with Gasteiger partial charge in [-0.3, -0.25) is 9.59 Å². The van der Waals surface area contributed by atoms with Gasteiger partial charge >= 0.3 is 0 Å². The summed E-state index contributed by atoms with van der Waals surface area (Å²) in [5, 5.41) is 12.2. The van der Waals surface area contributed by atoms with Gasteiger partial charge in [0.05, 0.1) is 12.6 Å². The van der Waals surface area contributed by atoms with E-state index in [1.807, 2.05) is 30.3 Å². The van der Waals surface area contributed by atoms with Crippen molar-refractivity contribution in [3.63, 3.8) is 0 Å². The minimum atomic E-state index is -0.669. The molecule has 2 amide bonds. The highest BCUT2D eigenvalue weighted by atomic mass is 19.1. The summed E-state index contributed by atoms with van der Waals surface area (Å²) >= 11 is 0. The second-order valence-corrected chi connectivity index (χ2v) is 7.04. The van der Waals surface area contributed by atoms with Gasteiger partial charge in [0.15, 0.2) is 6.61 Å². The topological polar surface area (TPSA) is 78.9 Å². The molecule has 0 radical (unpaired) electrons. The molecule has 1 saturated heterocycles. The molecular weight excluding hydrogens is 375 g/mol. The zero-order chi connectivity index (χ0) is 20.6. The maximum atomic E-state index is 14.3. The van der Waals surface area contributed by atoms with E-state index in [1.165, 1.54) is 18.2 Å². The molecule has 2 aromatic rings. The van der Waals surface area contributed by atoms with Crippen LogP contribution in [-0.4, -0.2) is 54.2 Å².